The Morgan fingerprint density at radius 1 is 0.125 bits per heavy atom. The Bertz CT molecular complexity index is 1700. The van der Waals surface area contributed by atoms with Crippen LogP contribution in [-0.4, -0.2) is 0 Å². The lowest BCUT2D eigenvalue weighted by molar-refractivity contribution is 1.09. The zero-order valence-corrected chi connectivity index (χ0v) is 71.4. The van der Waals surface area contributed by atoms with Crippen LogP contribution in [0.5, 0.6) is 0 Å². The summed E-state index contributed by atoms with van der Waals surface area (Å²) in [4.78, 5) is 0. The predicted molar refractivity (Wildman–Crippen MR) is 484 cm³/mol. The molecule has 0 unspecified atom stereocenters. The zero-order valence-electron chi connectivity index (χ0n) is 71.4. The lowest BCUT2D eigenvalue weighted by Crippen LogP contribution is -1.74. The van der Waals surface area contributed by atoms with Crippen LogP contribution in [0.3, 0.4) is 0 Å². The summed E-state index contributed by atoms with van der Waals surface area (Å²) in [5, 5.41) is 7.87. The fraction of sp³-hybridized carbons (Fsp3) is 0.500. The smallest absolute Gasteiger partial charge is 0.0178 e. The molecular formula is C96H186. The van der Waals surface area contributed by atoms with E-state index in [4.69, 9.17) is 0 Å². The number of fused-ring (bicyclic) bond motifs is 3. The Balaban J connectivity index is -0.0000000334. The van der Waals surface area contributed by atoms with E-state index in [1.807, 2.05) is 395 Å². The molecule has 0 aliphatic rings. The van der Waals surface area contributed by atoms with E-state index in [1.54, 1.807) is 0 Å². The van der Waals surface area contributed by atoms with Crippen molar-refractivity contribution < 1.29 is 0 Å². The molecule has 9 aromatic rings. The Hall–Kier alpha value is -6.24. The summed E-state index contributed by atoms with van der Waals surface area (Å²) in [5.74, 6) is 0. The van der Waals surface area contributed by atoms with Gasteiger partial charge >= 0.3 is 0 Å². The molecule has 0 saturated heterocycles. The molecule has 570 valence electrons. The van der Waals surface area contributed by atoms with Crippen molar-refractivity contribution >= 4 is 32.3 Å². The van der Waals surface area contributed by atoms with E-state index in [0.29, 0.717) is 0 Å². The van der Waals surface area contributed by atoms with Crippen molar-refractivity contribution in [3.05, 3.63) is 255 Å². The summed E-state index contributed by atoms with van der Waals surface area (Å²) >= 11 is 0. The van der Waals surface area contributed by atoms with E-state index >= 15 is 0 Å². The largest absolute Gasteiger partial charge is 0.0776 e. The lowest BCUT2D eigenvalue weighted by atomic mass is 10.0. The minimum atomic E-state index is 0. The maximum atomic E-state index is 2.24. The highest BCUT2D eigenvalue weighted by molar-refractivity contribution is 5.98. The molecule has 0 heteroatoms. The molecule has 0 atom stereocenters. The van der Waals surface area contributed by atoms with Gasteiger partial charge in [0.25, 0.3) is 0 Å². The van der Waals surface area contributed by atoms with Gasteiger partial charge in [0.15, 0.2) is 0 Å². The molecule has 9 rings (SSSR count). The topological polar surface area (TPSA) is 0 Å². The quantitative estimate of drug-likeness (QED) is 0.133. The van der Waals surface area contributed by atoms with Crippen molar-refractivity contribution in [1.82, 2.24) is 0 Å². The second kappa shape index (κ2) is 212. The molecule has 0 fully saturated rings. The van der Waals surface area contributed by atoms with Crippen molar-refractivity contribution in [2.45, 2.75) is 332 Å². The van der Waals surface area contributed by atoms with Gasteiger partial charge in [-0.3, -0.25) is 0 Å². The molecule has 0 aliphatic carbocycles. The monoisotopic (exact) mass is 1340 g/mol. The van der Waals surface area contributed by atoms with Crippen LogP contribution in [-0.2, 0) is 0 Å². The molecule has 0 amide bonds. The number of hydrogen-bond donors (Lipinski definition) is 0. The Morgan fingerprint density at radius 2 is 0.188 bits per heavy atom. The molecule has 0 saturated carbocycles. The summed E-state index contributed by atoms with van der Waals surface area (Å²) in [6, 6.07) is 86.1. The van der Waals surface area contributed by atoms with E-state index in [-0.39, 0.29) is 22.3 Å². The van der Waals surface area contributed by atoms with Gasteiger partial charge in [-0.2, -0.15) is 0 Å². The molecule has 96 heavy (non-hydrogen) atoms. The molecule has 0 spiro atoms. The second-order valence-corrected chi connectivity index (χ2v) is 12.6. The molecule has 0 N–H and O–H groups in total. The molecule has 0 nitrogen and oxygen atoms in total. The van der Waals surface area contributed by atoms with Gasteiger partial charge in [0.05, 0.1) is 0 Å². The maximum Gasteiger partial charge on any atom is -0.0178 e. The van der Waals surface area contributed by atoms with E-state index in [1.165, 1.54) is 51.6 Å². The van der Waals surface area contributed by atoms with Gasteiger partial charge in [0, 0.05) is 0 Å². The minimum absolute atomic E-state index is 0. The molecule has 0 radical (unpaired) electrons. The SMILES string of the molecule is C.C.C.CC.CC.CC.CC.CC.CC.CC.CC.CC.CC.CC.CC.CC.CC.CC.CC.CC.CC.CCC.CCC.CCC.c1ccc2cc3ccccc3cc2c1.c1ccc2ccccc2c1.c1ccccc1.c1ccccc1.c1ccccc1.c1ccccc1. The van der Waals surface area contributed by atoms with Gasteiger partial charge in [0.2, 0.25) is 0 Å². The summed E-state index contributed by atoms with van der Waals surface area (Å²) < 4.78 is 0. The molecular weight excluding hydrogens is 1150 g/mol. The van der Waals surface area contributed by atoms with Crippen molar-refractivity contribution in [1.29, 1.82) is 0 Å². The van der Waals surface area contributed by atoms with Crippen molar-refractivity contribution in [3.63, 3.8) is 0 Å². The highest BCUT2D eigenvalue weighted by Crippen LogP contribution is 2.22. The highest BCUT2D eigenvalue weighted by atomic mass is 14.0. The average Bonchev–Trinajstić information content (AvgIpc) is 0.851. The molecule has 9 aromatic carbocycles. The van der Waals surface area contributed by atoms with Gasteiger partial charge in [-0.05, 0) is 44.5 Å². The fourth-order valence-electron chi connectivity index (χ4n) is 4.56. The van der Waals surface area contributed by atoms with Gasteiger partial charge in [0.1, 0.15) is 0 Å². The van der Waals surface area contributed by atoms with Gasteiger partial charge < -0.3 is 0 Å². The van der Waals surface area contributed by atoms with Crippen LogP contribution in [0.1, 0.15) is 332 Å². The lowest BCUT2D eigenvalue weighted by Gasteiger charge is -2.00. The molecule has 0 aromatic heterocycles. The number of hydrogen-bond acceptors (Lipinski definition) is 0. The summed E-state index contributed by atoms with van der Waals surface area (Å²) in [6.45, 7) is 84.8. The van der Waals surface area contributed by atoms with Gasteiger partial charge in [-0.15, -0.1) is 0 Å². The first-order valence-electron chi connectivity index (χ1n) is 38.5. The molecule has 0 bridgehead atoms. The number of rotatable bonds is 0. The Morgan fingerprint density at radius 3 is 0.260 bits per heavy atom. The van der Waals surface area contributed by atoms with Crippen LogP contribution in [0.4, 0.5) is 0 Å². The number of benzene rings is 9. The van der Waals surface area contributed by atoms with Crippen LogP contribution in [0.15, 0.2) is 255 Å². The molecule has 0 aliphatic heterocycles. The first-order chi connectivity index (χ1) is 46.1. The predicted octanol–water partition coefficient (Wildman–Crippen LogP) is 38.2. The first kappa shape index (κ1) is 150. The zero-order chi connectivity index (χ0) is 77.3. The van der Waals surface area contributed by atoms with Crippen molar-refractivity contribution in [2.75, 3.05) is 0 Å². The Kier molecular flexibility index (Phi) is 331. The summed E-state index contributed by atoms with van der Waals surface area (Å²) in [7, 11) is 0. The van der Waals surface area contributed by atoms with Crippen LogP contribution in [0.25, 0.3) is 32.3 Å². The van der Waals surface area contributed by atoms with Crippen molar-refractivity contribution in [2.24, 2.45) is 0 Å². The summed E-state index contributed by atoms with van der Waals surface area (Å²) in [5.41, 5.74) is 0. The van der Waals surface area contributed by atoms with E-state index in [0.717, 1.165) is 0 Å². The van der Waals surface area contributed by atoms with Gasteiger partial charge in [-0.1, -0.05) is 575 Å². The summed E-state index contributed by atoms with van der Waals surface area (Å²) in [6.07, 6.45) is 3.75. The fourth-order valence-corrected chi connectivity index (χ4v) is 4.56. The third kappa shape index (κ3) is 153. The standard InChI is InChI=1S/C14H10.C10H8.4C6H6.3C3H8.18C2H6.3CH4/c1-2-6-12-10-14-8-4-3-7-13(14)9-11(12)5-1;1-2-6-10-8-4-3-7-9(10)5-1;4*1-2-4-6-5-3-1;3*1-3-2;18*1-2;;;/h1-10H;1-8H;4*1-6H;3*3H2,1-2H3;18*1-2H3;3*1H4. The third-order valence-electron chi connectivity index (χ3n) is 6.94. The average molecular weight is 1340 g/mol. The van der Waals surface area contributed by atoms with E-state index in [9.17, 15) is 0 Å². The van der Waals surface area contributed by atoms with E-state index in [2.05, 4.69) is 151 Å². The van der Waals surface area contributed by atoms with E-state index < -0.39 is 0 Å². The van der Waals surface area contributed by atoms with Crippen molar-refractivity contribution in [3.8, 4) is 0 Å². The van der Waals surface area contributed by atoms with Crippen LogP contribution in [0.2, 0.25) is 0 Å². The maximum absolute atomic E-state index is 2.24. The van der Waals surface area contributed by atoms with Crippen LogP contribution in [0, 0.1) is 0 Å². The molecule has 0 heterocycles. The third-order valence-corrected chi connectivity index (χ3v) is 6.94. The highest BCUT2D eigenvalue weighted by Gasteiger charge is 1.95. The second-order valence-electron chi connectivity index (χ2n) is 12.6. The van der Waals surface area contributed by atoms with Crippen LogP contribution < -0.4 is 0 Å². The Labute approximate surface area is 615 Å². The first-order valence-corrected chi connectivity index (χ1v) is 38.5. The van der Waals surface area contributed by atoms with Gasteiger partial charge in [-0.25, -0.2) is 0 Å². The minimum Gasteiger partial charge on any atom is -0.0776 e. The van der Waals surface area contributed by atoms with Crippen LogP contribution >= 0.6 is 0 Å². The normalized spacial score (nSPS) is 6.31.